The Morgan fingerprint density at radius 1 is 1.53 bits per heavy atom. The maximum absolute atomic E-state index is 5.26. The highest BCUT2D eigenvalue weighted by atomic mass is 79.9. The average molecular weight is 291 g/mol. The number of thiophene rings is 1. The molecule has 1 aliphatic rings. The van der Waals surface area contributed by atoms with Crippen molar-refractivity contribution in [1.29, 1.82) is 0 Å². The predicted molar refractivity (Wildman–Crippen MR) is 66.7 cm³/mol. The molecule has 3 nitrogen and oxygen atoms in total. The summed E-state index contributed by atoms with van der Waals surface area (Å²) in [5, 5.41) is 4.33. The molecule has 2 heterocycles. The van der Waals surface area contributed by atoms with Crippen LogP contribution in [0.15, 0.2) is 10.5 Å². The third-order valence-corrected chi connectivity index (χ3v) is 4.41. The van der Waals surface area contributed by atoms with E-state index in [-0.39, 0.29) is 0 Å². The van der Waals surface area contributed by atoms with Crippen molar-refractivity contribution in [2.45, 2.75) is 6.54 Å². The standard InChI is InChI=1S/C10H15BrN2OS/c1-14-10-9(11)6-8(15-10)7-13-4-2-12-3-5-13/h6,12H,2-5,7H2,1H3. The van der Waals surface area contributed by atoms with Crippen molar-refractivity contribution in [2.75, 3.05) is 33.3 Å². The number of rotatable bonds is 3. The van der Waals surface area contributed by atoms with Gasteiger partial charge in [0.15, 0.2) is 5.06 Å². The highest BCUT2D eigenvalue weighted by Gasteiger charge is 2.13. The molecular weight excluding hydrogens is 276 g/mol. The lowest BCUT2D eigenvalue weighted by atomic mass is 10.3. The van der Waals surface area contributed by atoms with Crippen LogP contribution < -0.4 is 10.1 Å². The SMILES string of the molecule is COc1sc(CN2CCNCC2)cc1Br. The molecule has 1 aliphatic heterocycles. The fourth-order valence-corrected chi connectivity index (χ4v) is 3.44. The Hall–Kier alpha value is -0.100. The van der Waals surface area contributed by atoms with E-state index in [0.717, 1.165) is 42.3 Å². The van der Waals surface area contributed by atoms with Gasteiger partial charge in [-0.15, -0.1) is 11.3 Å². The first-order valence-electron chi connectivity index (χ1n) is 5.05. The molecule has 0 amide bonds. The van der Waals surface area contributed by atoms with E-state index in [1.165, 1.54) is 4.88 Å². The number of hydrogen-bond donors (Lipinski definition) is 1. The minimum absolute atomic E-state index is 0.972. The van der Waals surface area contributed by atoms with Crippen LogP contribution in [0.3, 0.4) is 0 Å². The number of nitrogens with one attached hydrogen (secondary N) is 1. The van der Waals surface area contributed by atoms with E-state index in [4.69, 9.17) is 4.74 Å². The Bertz CT molecular complexity index is 323. The van der Waals surface area contributed by atoms with Crippen LogP contribution in [0.4, 0.5) is 0 Å². The fourth-order valence-electron chi connectivity index (χ4n) is 1.70. The van der Waals surface area contributed by atoms with E-state index < -0.39 is 0 Å². The van der Waals surface area contributed by atoms with Gasteiger partial charge in [0.05, 0.1) is 11.6 Å². The zero-order chi connectivity index (χ0) is 10.7. The van der Waals surface area contributed by atoms with Gasteiger partial charge in [-0.2, -0.15) is 0 Å². The molecule has 0 aromatic carbocycles. The lowest BCUT2D eigenvalue weighted by molar-refractivity contribution is 0.235. The molecule has 1 fully saturated rings. The van der Waals surface area contributed by atoms with Crippen LogP contribution in [0.1, 0.15) is 4.88 Å². The van der Waals surface area contributed by atoms with Crippen molar-refractivity contribution in [3.8, 4) is 5.06 Å². The number of nitrogens with zero attached hydrogens (tertiary/aromatic N) is 1. The van der Waals surface area contributed by atoms with E-state index in [0.29, 0.717) is 0 Å². The maximum Gasteiger partial charge on any atom is 0.188 e. The second-order valence-electron chi connectivity index (χ2n) is 3.58. The van der Waals surface area contributed by atoms with Crippen molar-refractivity contribution in [2.24, 2.45) is 0 Å². The molecule has 1 saturated heterocycles. The quantitative estimate of drug-likeness (QED) is 0.921. The van der Waals surface area contributed by atoms with E-state index in [1.807, 2.05) is 0 Å². The first kappa shape index (κ1) is 11.4. The Kier molecular flexibility index (Phi) is 4.02. The van der Waals surface area contributed by atoms with Crippen molar-refractivity contribution < 1.29 is 4.74 Å². The minimum Gasteiger partial charge on any atom is -0.486 e. The molecule has 0 bridgehead atoms. The zero-order valence-corrected chi connectivity index (χ0v) is 11.2. The summed E-state index contributed by atoms with van der Waals surface area (Å²) in [5.41, 5.74) is 0. The van der Waals surface area contributed by atoms with Crippen molar-refractivity contribution in [1.82, 2.24) is 10.2 Å². The molecule has 15 heavy (non-hydrogen) atoms. The molecule has 0 unspecified atom stereocenters. The third kappa shape index (κ3) is 2.93. The topological polar surface area (TPSA) is 24.5 Å². The van der Waals surface area contributed by atoms with Crippen LogP contribution in [0.5, 0.6) is 5.06 Å². The van der Waals surface area contributed by atoms with Crippen molar-refractivity contribution in [3.05, 3.63) is 15.4 Å². The Morgan fingerprint density at radius 3 is 2.87 bits per heavy atom. The zero-order valence-electron chi connectivity index (χ0n) is 8.75. The lowest BCUT2D eigenvalue weighted by Gasteiger charge is -2.26. The Labute approximate surface area is 103 Å². The minimum atomic E-state index is 0.972. The maximum atomic E-state index is 5.26. The highest BCUT2D eigenvalue weighted by Crippen LogP contribution is 2.35. The second-order valence-corrected chi connectivity index (χ2v) is 5.53. The molecule has 84 valence electrons. The van der Waals surface area contributed by atoms with Crippen LogP contribution in [-0.2, 0) is 6.54 Å². The summed E-state index contributed by atoms with van der Waals surface area (Å²) < 4.78 is 6.33. The average Bonchev–Trinajstić information content (AvgIpc) is 2.60. The number of piperazine rings is 1. The van der Waals surface area contributed by atoms with E-state index in [9.17, 15) is 0 Å². The fraction of sp³-hybridized carbons (Fsp3) is 0.600. The molecule has 1 N–H and O–H groups in total. The third-order valence-electron chi connectivity index (χ3n) is 2.48. The van der Waals surface area contributed by atoms with Crippen LogP contribution >= 0.6 is 27.3 Å². The van der Waals surface area contributed by atoms with E-state index >= 15 is 0 Å². The first-order valence-corrected chi connectivity index (χ1v) is 6.66. The summed E-state index contributed by atoms with van der Waals surface area (Å²) in [6, 6.07) is 2.16. The van der Waals surface area contributed by atoms with Crippen LogP contribution in [0.25, 0.3) is 0 Å². The van der Waals surface area contributed by atoms with Gasteiger partial charge in [0.2, 0.25) is 0 Å². The Morgan fingerprint density at radius 2 is 2.27 bits per heavy atom. The largest absolute Gasteiger partial charge is 0.486 e. The summed E-state index contributed by atoms with van der Waals surface area (Å²) in [6.45, 7) is 5.51. The van der Waals surface area contributed by atoms with Gasteiger partial charge < -0.3 is 10.1 Å². The summed E-state index contributed by atoms with van der Waals surface area (Å²) in [5.74, 6) is 0. The van der Waals surface area contributed by atoms with Crippen LogP contribution in [0.2, 0.25) is 0 Å². The number of hydrogen-bond acceptors (Lipinski definition) is 4. The summed E-state index contributed by atoms with van der Waals surface area (Å²) in [4.78, 5) is 3.83. The van der Waals surface area contributed by atoms with Gasteiger partial charge in [-0.3, -0.25) is 4.90 Å². The molecule has 0 spiro atoms. The van der Waals surface area contributed by atoms with E-state index in [1.54, 1.807) is 18.4 Å². The molecule has 0 saturated carbocycles. The molecule has 0 aliphatic carbocycles. The molecule has 1 aromatic rings. The number of halogens is 1. The van der Waals surface area contributed by atoms with Gasteiger partial charge in [0.25, 0.3) is 0 Å². The van der Waals surface area contributed by atoms with Crippen LogP contribution in [-0.4, -0.2) is 38.2 Å². The molecule has 0 radical (unpaired) electrons. The van der Waals surface area contributed by atoms with Gasteiger partial charge >= 0.3 is 0 Å². The Balaban J connectivity index is 1.97. The number of methoxy groups -OCH3 is 1. The molecule has 1 aromatic heterocycles. The van der Waals surface area contributed by atoms with Crippen molar-refractivity contribution in [3.63, 3.8) is 0 Å². The summed E-state index contributed by atoms with van der Waals surface area (Å²) >= 11 is 5.22. The highest BCUT2D eigenvalue weighted by molar-refractivity contribution is 9.10. The molecule has 2 rings (SSSR count). The van der Waals surface area contributed by atoms with Gasteiger partial charge in [-0.1, -0.05) is 0 Å². The first-order chi connectivity index (χ1) is 7.29. The number of ether oxygens (including phenoxy) is 1. The normalized spacial score (nSPS) is 18.0. The van der Waals surface area contributed by atoms with Gasteiger partial charge in [-0.05, 0) is 22.0 Å². The monoisotopic (exact) mass is 290 g/mol. The van der Waals surface area contributed by atoms with Gasteiger partial charge in [0.1, 0.15) is 0 Å². The lowest BCUT2D eigenvalue weighted by Crippen LogP contribution is -2.42. The van der Waals surface area contributed by atoms with Crippen molar-refractivity contribution >= 4 is 27.3 Å². The second kappa shape index (κ2) is 5.30. The smallest absolute Gasteiger partial charge is 0.188 e. The predicted octanol–water partition coefficient (Wildman–Crippen LogP) is 1.92. The molecular formula is C10H15BrN2OS. The molecule has 0 atom stereocenters. The van der Waals surface area contributed by atoms with E-state index in [2.05, 4.69) is 32.2 Å². The van der Waals surface area contributed by atoms with Crippen LogP contribution in [0, 0.1) is 0 Å². The van der Waals surface area contributed by atoms with Gasteiger partial charge in [0, 0.05) is 37.6 Å². The van der Waals surface area contributed by atoms with Gasteiger partial charge in [-0.25, -0.2) is 0 Å². The molecule has 5 heteroatoms. The summed E-state index contributed by atoms with van der Waals surface area (Å²) in [6.07, 6.45) is 0. The summed E-state index contributed by atoms with van der Waals surface area (Å²) in [7, 11) is 1.71.